The molecule has 1 unspecified atom stereocenters. The van der Waals surface area contributed by atoms with Crippen molar-refractivity contribution in [3.63, 3.8) is 0 Å². The number of rotatable bonds is 2. The first kappa shape index (κ1) is 19.2. The van der Waals surface area contributed by atoms with E-state index in [-0.39, 0.29) is 12.2 Å². The molecule has 1 heterocycles. The van der Waals surface area contributed by atoms with Gasteiger partial charge in [0, 0.05) is 16.4 Å². The molecule has 0 saturated heterocycles. The third-order valence-corrected chi connectivity index (χ3v) is 4.96. The topological polar surface area (TPSA) is 76.2 Å². The molecule has 0 aliphatic rings. The molecule has 0 aliphatic carbocycles. The molecule has 0 radical (unpaired) electrons. The molecule has 0 spiro atoms. The number of carbonyl (C=O) groups is 1. The van der Waals surface area contributed by atoms with E-state index in [0.29, 0.717) is 5.92 Å². The first-order valence-corrected chi connectivity index (χ1v) is 8.85. The average Bonchev–Trinajstić information content (AvgIpc) is 3.03. The summed E-state index contributed by atoms with van der Waals surface area (Å²) in [5.41, 5.74) is 7.37. The van der Waals surface area contributed by atoms with Gasteiger partial charge in [0.1, 0.15) is 5.75 Å². The van der Waals surface area contributed by atoms with Gasteiger partial charge in [-0.1, -0.05) is 43.2 Å². The van der Waals surface area contributed by atoms with Crippen molar-refractivity contribution in [2.45, 2.75) is 19.8 Å². The van der Waals surface area contributed by atoms with E-state index in [1.54, 1.807) is 35.6 Å². The Balaban J connectivity index is 0.000000758. The zero-order valence-corrected chi connectivity index (χ0v) is 15.5. The molecule has 2 aromatic carbocycles. The molecule has 3 rings (SSSR count). The molecule has 3 aromatic rings. The second kappa shape index (κ2) is 9.40. The number of aromatic hydroxyl groups is 1. The van der Waals surface area contributed by atoms with Crippen molar-refractivity contribution in [3.8, 4) is 17.6 Å². The van der Waals surface area contributed by atoms with E-state index in [2.05, 4.69) is 53.7 Å². The summed E-state index contributed by atoms with van der Waals surface area (Å²) >= 11 is 1.65. The zero-order chi connectivity index (χ0) is 18.9. The van der Waals surface area contributed by atoms with Crippen LogP contribution in [0.2, 0.25) is 0 Å². The number of primary amides is 1. The lowest BCUT2D eigenvalue weighted by atomic mass is 9.99. The maximum atomic E-state index is 9.29. The number of carbonyl (C=O) groups excluding carboxylic acids is 1. The molecule has 1 amide bonds. The predicted molar refractivity (Wildman–Crippen MR) is 105 cm³/mol. The van der Waals surface area contributed by atoms with E-state index in [1.807, 2.05) is 13.0 Å². The molecule has 4 nitrogen and oxygen atoms in total. The minimum atomic E-state index is 0.250. The lowest BCUT2D eigenvalue weighted by Crippen LogP contribution is -1.94. The predicted octanol–water partition coefficient (Wildman–Crippen LogP) is 3.81. The second-order valence-corrected chi connectivity index (χ2v) is 6.56. The van der Waals surface area contributed by atoms with Crippen molar-refractivity contribution < 1.29 is 9.90 Å². The maximum absolute atomic E-state index is 9.29. The van der Waals surface area contributed by atoms with Crippen LogP contribution in [0.15, 0.2) is 54.6 Å². The molecule has 132 valence electrons. The quantitative estimate of drug-likeness (QED) is 0.536. The first-order chi connectivity index (χ1) is 12.5. The lowest BCUT2D eigenvalue weighted by molar-refractivity contribution is -0.106. The van der Waals surface area contributed by atoms with Gasteiger partial charge in [0.25, 0.3) is 0 Å². The molecule has 3 N–H and O–H groups in total. The van der Waals surface area contributed by atoms with Gasteiger partial charge < -0.3 is 10.8 Å². The Morgan fingerprint density at radius 1 is 1.12 bits per heavy atom. The van der Waals surface area contributed by atoms with Crippen molar-refractivity contribution in [3.05, 3.63) is 81.3 Å². The molecule has 0 saturated carbocycles. The third-order valence-electron chi connectivity index (χ3n) is 3.71. The number of amides is 1. The highest BCUT2D eigenvalue weighted by Crippen LogP contribution is 2.31. The second-order valence-electron chi connectivity index (χ2n) is 5.53. The summed E-state index contributed by atoms with van der Waals surface area (Å²) in [5, 5.41) is 10.1. The summed E-state index contributed by atoms with van der Waals surface area (Å²) in [5.74, 6) is 6.79. The number of benzene rings is 2. The molecule has 5 heteroatoms. The number of hydrogen-bond donors (Lipinski definition) is 2. The number of aromatic nitrogens is 1. The van der Waals surface area contributed by atoms with Crippen LogP contribution in [0.25, 0.3) is 0 Å². The van der Waals surface area contributed by atoms with Crippen LogP contribution in [0.1, 0.15) is 39.5 Å². The van der Waals surface area contributed by atoms with Crippen molar-refractivity contribution >= 4 is 17.7 Å². The molecule has 1 aromatic heterocycles. The van der Waals surface area contributed by atoms with E-state index in [4.69, 9.17) is 4.79 Å². The fraction of sp³-hybridized carbons (Fsp3) is 0.143. The highest BCUT2D eigenvalue weighted by atomic mass is 32.1. The van der Waals surface area contributed by atoms with Gasteiger partial charge in [-0.15, -0.1) is 11.3 Å². The van der Waals surface area contributed by atoms with Crippen molar-refractivity contribution in [2.75, 3.05) is 0 Å². The van der Waals surface area contributed by atoms with Crippen molar-refractivity contribution in [1.29, 1.82) is 0 Å². The van der Waals surface area contributed by atoms with Crippen molar-refractivity contribution in [1.82, 2.24) is 4.98 Å². The number of aryl methyl sites for hydroxylation is 1. The Hall–Kier alpha value is -3.10. The number of thiazole rings is 1. The molecular formula is C21H20N2O2S. The Morgan fingerprint density at radius 3 is 2.35 bits per heavy atom. The van der Waals surface area contributed by atoms with Gasteiger partial charge in [-0.25, -0.2) is 4.98 Å². The number of phenolic OH excluding ortho intramolecular Hbond substituents is 1. The summed E-state index contributed by atoms with van der Waals surface area (Å²) < 4.78 is 0. The summed E-state index contributed by atoms with van der Waals surface area (Å²) in [6, 6.07) is 17.3. The highest BCUT2D eigenvalue weighted by molar-refractivity contribution is 7.12. The van der Waals surface area contributed by atoms with Crippen LogP contribution >= 0.6 is 11.3 Å². The van der Waals surface area contributed by atoms with Crippen LogP contribution < -0.4 is 5.73 Å². The summed E-state index contributed by atoms with van der Waals surface area (Å²) in [7, 11) is 0. The molecule has 0 fully saturated rings. The monoisotopic (exact) mass is 364 g/mol. The van der Waals surface area contributed by atoms with Gasteiger partial charge >= 0.3 is 0 Å². The number of nitrogens with two attached hydrogens (primary N) is 1. The minimum Gasteiger partial charge on any atom is -0.508 e. The van der Waals surface area contributed by atoms with Crippen LogP contribution in [-0.2, 0) is 4.79 Å². The van der Waals surface area contributed by atoms with Gasteiger partial charge in [0.05, 0.1) is 5.69 Å². The normalized spacial score (nSPS) is 10.7. The summed E-state index contributed by atoms with van der Waals surface area (Å²) in [4.78, 5) is 14.4. The number of phenols is 1. The van der Waals surface area contributed by atoms with E-state index in [1.165, 1.54) is 10.4 Å². The smallest absolute Gasteiger partial charge is 0.204 e. The minimum absolute atomic E-state index is 0.250. The Labute approximate surface area is 157 Å². The maximum Gasteiger partial charge on any atom is 0.204 e. The van der Waals surface area contributed by atoms with Crippen LogP contribution in [0.5, 0.6) is 5.75 Å². The molecule has 26 heavy (non-hydrogen) atoms. The average molecular weight is 364 g/mol. The Bertz CT molecular complexity index is 907. The van der Waals surface area contributed by atoms with Gasteiger partial charge in [0.15, 0.2) is 5.01 Å². The largest absolute Gasteiger partial charge is 0.508 e. The first-order valence-electron chi connectivity index (χ1n) is 8.03. The lowest BCUT2D eigenvalue weighted by Gasteiger charge is -2.09. The fourth-order valence-corrected chi connectivity index (χ4v) is 3.43. The van der Waals surface area contributed by atoms with E-state index in [0.717, 1.165) is 16.3 Å². The molecule has 0 bridgehead atoms. The third kappa shape index (κ3) is 5.20. The molecule has 1 atom stereocenters. The Morgan fingerprint density at radius 2 is 1.73 bits per heavy atom. The van der Waals surface area contributed by atoms with Crippen molar-refractivity contribution in [2.24, 2.45) is 5.73 Å². The number of hydrogen-bond acceptors (Lipinski definition) is 4. The van der Waals surface area contributed by atoms with E-state index >= 15 is 0 Å². The van der Waals surface area contributed by atoms with Gasteiger partial charge in [-0.05, 0) is 42.7 Å². The highest BCUT2D eigenvalue weighted by Gasteiger charge is 2.15. The van der Waals surface area contributed by atoms with E-state index < -0.39 is 0 Å². The summed E-state index contributed by atoms with van der Waals surface area (Å²) in [6.07, 6.45) is 0.250. The van der Waals surface area contributed by atoms with Crippen LogP contribution in [0.4, 0.5) is 0 Å². The standard InChI is InChI=1S/C20H17NOS.CH3NO/c1-14(17-6-4-3-5-7-17)20-15(2)21-19(23-20)13-10-16-8-11-18(22)12-9-16;2-1-3/h3-9,11-12,14,22H,1-2H3;1H,(H2,2,3). The van der Waals surface area contributed by atoms with Crippen LogP contribution in [-0.4, -0.2) is 16.5 Å². The van der Waals surface area contributed by atoms with Gasteiger partial charge in [-0.3, -0.25) is 4.79 Å². The van der Waals surface area contributed by atoms with Crippen LogP contribution in [0.3, 0.4) is 0 Å². The Kier molecular flexibility index (Phi) is 6.95. The number of nitrogens with zero attached hydrogens (tertiary/aromatic N) is 1. The molecular weight excluding hydrogens is 344 g/mol. The zero-order valence-electron chi connectivity index (χ0n) is 14.6. The molecule has 0 aliphatic heterocycles. The van der Waals surface area contributed by atoms with Gasteiger partial charge in [0.2, 0.25) is 6.41 Å². The van der Waals surface area contributed by atoms with Gasteiger partial charge in [-0.2, -0.15) is 0 Å². The SMILES string of the molecule is Cc1nc(C#Cc2ccc(O)cc2)sc1C(C)c1ccccc1.NC=O. The summed E-state index contributed by atoms with van der Waals surface area (Å²) in [6.45, 7) is 4.24. The van der Waals surface area contributed by atoms with E-state index in [9.17, 15) is 5.11 Å². The van der Waals surface area contributed by atoms with Crippen LogP contribution in [0, 0.1) is 18.8 Å². The fourth-order valence-electron chi connectivity index (χ4n) is 2.43.